The maximum absolute atomic E-state index is 12.8. The lowest BCUT2D eigenvalue weighted by molar-refractivity contribution is 0.0929. The van der Waals surface area contributed by atoms with Gasteiger partial charge in [-0.05, 0) is 36.8 Å². The van der Waals surface area contributed by atoms with Crippen LogP contribution in [0.25, 0.3) is 0 Å². The van der Waals surface area contributed by atoms with Crippen LogP contribution in [0.1, 0.15) is 59.9 Å². The molecular weight excluding hydrogens is 318 g/mol. The molecule has 0 aliphatic heterocycles. The molecule has 0 spiro atoms. The highest BCUT2D eigenvalue weighted by molar-refractivity contribution is 5.95. The van der Waals surface area contributed by atoms with Gasteiger partial charge in [0.2, 0.25) is 0 Å². The second kappa shape index (κ2) is 9.13. The number of rotatable bonds is 8. The van der Waals surface area contributed by atoms with Crippen molar-refractivity contribution in [2.45, 2.75) is 45.6 Å². The van der Waals surface area contributed by atoms with Crippen LogP contribution in [0.15, 0.2) is 35.1 Å². The number of aromatic amines is 1. The number of carbonyl (C=O) groups excluding carboxylic acids is 1. The largest absolute Gasteiger partial charge is 0.396 e. The highest BCUT2D eigenvalue weighted by atomic mass is 16.3. The van der Waals surface area contributed by atoms with Crippen molar-refractivity contribution in [3.63, 3.8) is 0 Å². The van der Waals surface area contributed by atoms with Gasteiger partial charge < -0.3 is 10.4 Å². The highest BCUT2D eigenvalue weighted by Gasteiger charge is 2.22. The van der Waals surface area contributed by atoms with E-state index in [1.54, 1.807) is 0 Å². The number of benzene rings is 1. The second-order valence-electron chi connectivity index (χ2n) is 5.86. The van der Waals surface area contributed by atoms with Gasteiger partial charge in [-0.1, -0.05) is 44.2 Å². The monoisotopic (exact) mass is 343 g/mol. The van der Waals surface area contributed by atoms with Crippen molar-refractivity contribution < 1.29 is 9.90 Å². The van der Waals surface area contributed by atoms with Gasteiger partial charge in [0.25, 0.3) is 11.5 Å². The summed E-state index contributed by atoms with van der Waals surface area (Å²) < 4.78 is 0. The summed E-state index contributed by atoms with van der Waals surface area (Å²) >= 11 is 0. The number of hydrogen-bond donors (Lipinski definition) is 3. The van der Waals surface area contributed by atoms with Crippen LogP contribution in [0.4, 0.5) is 0 Å². The number of carbonyl (C=O) groups is 1. The normalized spacial score (nSPS) is 12.0. The third kappa shape index (κ3) is 4.54. The van der Waals surface area contributed by atoms with E-state index in [9.17, 15) is 9.59 Å². The van der Waals surface area contributed by atoms with E-state index in [-0.39, 0.29) is 18.2 Å². The number of nitrogens with zero attached hydrogens (tertiary/aromatic N) is 1. The highest BCUT2D eigenvalue weighted by Crippen LogP contribution is 2.19. The average Bonchev–Trinajstić information content (AvgIpc) is 2.65. The van der Waals surface area contributed by atoms with E-state index < -0.39 is 11.5 Å². The molecule has 2 aromatic rings. The maximum atomic E-state index is 12.8. The second-order valence-corrected chi connectivity index (χ2v) is 5.86. The van der Waals surface area contributed by atoms with Gasteiger partial charge in [0.15, 0.2) is 0 Å². The molecule has 0 radical (unpaired) electrons. The molecule has 0 saturated heterocycles. The van der Waals surface area contributed by atoms with Crippen LogP contribution in [0.2, 0.25) is 0 Å². The topological polar surface area (TPSA) is 95.1 Å². The van der Waals surface area contributed by atoms with Crippen molar-refractivity contribution in [2.24, 2.45) is 0 Å². The summed E-state index contributed by atoms with van der Waals surface area (Å²) in [6.07, 6.45) is 2.37. The number of aryl methyl sites for hydroxylation is 1. The van der Waals surface area contributed by atoms with E-state index >= 15 is 0 Å². The van der Waals surface area contributed by atoms with Crippen LogP contribution >= 0.6 is 0 Å². The molecular formula is C19H25N3O3. The first-order valence-corrected chi connectivity index (χ1v) is 8.69. The van der Waals surface area contributed by atoms with Crippen molar-refractivity contribution >= 4 is 5.91 Å². The van der Waals surface area contributed by atoms with Gasteiger partial charge >= 0.3 is 0 Å². The molecule has 1 unspecified atom stereocenters. The van der Waals surface area contributed by atoms with E-state index in [4.69, 9.17) is 5.11 Å². The predicted octanol–water partition coefficient (Wildman–Crippen LogP) is 2.14. The fourth-order valence-corrected chi connectivity index (χ4v) is 2.97. The molecule has 1 aromatic carbocycles. The van der Waals surface area contributed by atoms with Crippen LogP contribution in [0.5, 0.6) is 0 Å². The standard InChI is InChI=1S/C19H25N3O3/c1-3-14-15(4-2)21-22-19(25)17(14)18(24)20-16(11-8-12-23)13-9-6-5-7-10-13/h5-7,9-10,16,23H,3-4,8,11-12H2,1-2H3,(H,20,24)(H,22,25). The molecule has 0 bridgehead atoms. The smallest absolute Gasteiger partial charge is 0.277 e. The van der Waals surface area contributed by atoms with Gasteiger partial charge in [-0.15, -0.1) is 0 Å². The Morgan fingerprint density at radius 1 is 1.24 bits per heavy atom. The Morgan fingerprint density at radius 2 is 1.96 bits per heavy atom. The third-order valence-corrected chi connectivity index (χ3v) is 4.24. The van der Waals surface area contributed by atoms with Gasteiger partial charge in [-0.25, -0.2) is 5.10 Å². The van der Waals surface area contributed by atoms with Crippen molar-refractivity contribution in [3.05, 3.63) is 63.1 Å². The third-order valence-electron chi connectivity index (χ3n) is 4.24. The van der Waals surface area contributed by atoms with Crippen molar-refractivity contribution in [3.8, 4) is 0 Å². The Bertz CT molecular complexity index is 756. The van der Waals surface area contributed by atoms with E-state index in [1.165, 1.54) is 0 Å². The predicted molar refractivity (Wildman–Crippen MR) is 96.6 cm³/mol. The first-order chi connectivity index (χ1) is 12.1. The molecule has 0 aliphatic rings. The number of amides is 1. The molecule has 134 valence electrons. The summed E-state index contributed by atoms with van der Waals surface area (Å²) in [7, 11) is 0. The fraction of sp³-hybridized carbons (Fsp3) is 0.421. The zero-order valence-corrected chi connectivity index (χ0v) is 14.7. The summed E-state index contributed by atoms with van der Waals surface area (Å²) in [5.74, 6) is -0.401. The minimum atomic E-state index is -0.472. The average molecular weight is 343 g/mol. The molecule has 0 fully saturated rings. The Morgan fingerprint density at radius 3 is 2.56 bits per heavy atom. The Hall–Kier alpha value is -2.47. The molecule has 1 atom stereocenters. The van der Waals surface area contributed by atoms with Crippen LogP contribution in [-0.4, -0.2) is 27.8 Å². The molecule has 1 aromatic heterocycles. The minimum Gasteiger partial charge on any atom is -0.396 e. The van der Waals surface area contributed by atoms with E-state index in [0.717, 1.165) is 11.3 Å². The van der Waals surface area contributed by atoms with Crippen LogP contribution in [0.3, 0.4) is 0 Å². The number of aliphatic hydroxyl groups excluding tert-OH is 1. The number of nitrogens with one attached hydrogen (secondary N) is 2. The van der Waals surface area contributed by atoms with E-state index in [0.29, 0.717) is 31.2 Å². The summed E-state index contributed by atoms with van der Waals surface area (Å²) in [5, 5.41) is 18.6. The molecule has 0 aliphatic carbocycles. The molecule has 0 saturated carbocycles. The van der Waals surface area contributed by atoms with Crippen molar-refractivity contribution in [1.29, 1.82) is 0 Å². The van der Waals surface area contributed by atoms with Gasteiger partial charge in [-0.2, -0.15) is 5.10 Å². The molecule has 25 heavy (non-hydrogen) atoms. The van der Waals surface area contributed by atoms with Crippen LogP contribution < -0.4 is 10.9 Å². The maximum Gasteiger partial charge on any atom is 0.277 e. The number of aromatic nitrogens is 2. The lowest BCUT2D eigenvalue weighted by Crippen LogP contribution is -2.35. The van der Waals surface area contributed by atoms with Crippen molar-refractivity contribution in [2.75, 3.05) is 6.61 Å². The van der Waals surface area contributed by atoms with Gasteiger partial charge in [0.1, 0.15) is 5.56 Å². The summed E-state index contributed by atoms with van der Waals surface area (Å²) in [5.41, 5.74) is 2.04. The lowest BCUT2D eigenvalue weighted by Gasteiger charge is -2.20. The first kappa shape index (κ1) is 18.9. The summed E-state index contributed by atoms with van der Waals surface area (Å²) in [6.45, 7) is 3.90. The first-order valence-electron chi connectivity index (χ1n) is 8.69. The molecule has 1 heterocycles. The zero-order valence-electron chi connectivity index (χ0n) is 14.7. The van der Waals surface area contributed by atoms with Crippen LogP contribution in [0, 0.1) is 0 Å². The lowest BCUT2D eigenvalue weighted by atomic mass is 9.99. The summed E-state index contributed by atoms with van der Waals surface area (Å²) in [4.78, 5) is 25.1. The Labute approximate surface area is 147 Å². The molecule has 3 N–H and O–H groups in total. The molecule has 1 amide bonds. The Kier molecular flexibility index (Phi) is 6.89. The quantitative estimate of drug-likeness (QED) is 0.684. The number of hydrogen-bond acceptors (Lipinski definition) is 4. The SMILES string of the molecule is CCc1n[nH]c(=O)c(C(=O)NC(CCCO)c2ccccc2)c1CC. The van der Waals surface area contributed by atoms with Crippen molar-refractivity contribution in [1.82, 2.24) is 15.5 Å². The van der Waals surface area contributed by atoms with E-state index in [1.807, 2.05) is 44.2 Å². The van der Waals surface area contributed by atoms with E-state index in [2.05, 4.69) is 15.5 Å². The fourth-order valence-electron chi connectivity index (χ4n) is 2.97. The number of H-pyrrole nitrogens is 1. The van der Waals surface area contributed by atoms with Crippen LogP contribution in [-0.2, 0) is 12.8 Å². The van der Waals surface area contributed by atoms with Gasteiger partial charge in [0.05, 0.1) is 11.7 Å². The molecule has 6 nitrogen and oxygen atoms in total. The van der Waals surface area contributed by atoms with Gasteiger partial charge in [0, 0.05) is 6.61 Å². The molecule has 2 rings (SSSR count). The minimum absolute atomic E-state index is 0.0508. The molecule has 6 heteroatoms. The zero-order chi connectivity index (χ0) is 18.2. The summed E-state index contributed by atoms with van der Waals surface area (Å²) in [6, 6.07) is 9.31. The number of aliphatic hydroxyl groups is 1. The Balaban J connectivity index is 2.34. The van der Waals surface area contributed by atoms with Gasteiger partial charge in [-0.3, -0.25) is 9.59 Å².